The van der Waals surface area contributed by atoms with E-state index in [4.69, 9.17) is 23.7 Å². The Kier molecular flexibility index (Phi) is 7.02. The molecule has 144 valence electrons. The average Bonchev–Trinajstić information content (AvgIpc) is 3.20. The maximum absolute atomic E-state index is 11.1. The molecule has 3 atom stereocenters. The van der Waals surface area contributed by atoms with Gasteiger partial charge in [0.15, 0.2) is 11.6 Å². The predicted molar refractivity (Wildman–Crippen MR) is 93.0 cm³/mol. The molecule has 2 heterocycles. The van der Waals surface area contributed by atoms with Crippen molar-refractivity contribution in [1.82, 2.24) is 0 Å². The van der Waals surface area contributed by atoms with Crippen molar-refractivity contribution in [2.75, 3.05) is 13.2 Å². The van der Waals surface area contributed by atoms with Gasteiger partial charge in [-0.1, -0.05) is 39.8 Å². The molecule has 0 saturated carbocycles. The van der Waals surface area contributed by atoms with E-state index in [1.807, 2.05) is 26.0 Å². The highest BCUT2D eigenvalue weighted by atomic mass is 16.8. The van der Waals surface area contributed by atoms with Gasteiger partial charge in [-0.15, -0.1) is 0 Å². The van der Waals surface area contributed by atoms with E-state index in [1.54, 1.807) is 0 Å². The van der Waals surface area contributed by atoms with E-state index in [2.05, 4.69) is 13.8 Å². The van der Waals surface area contributed by atoms with Crippen LogP contribution in [-0.2, 0) is 28.5 Å². The van der Waals surface area contributed by atoms with Gasteiger partial charge in [0, 0.05) is 6.92 Å². The van der Waals surface area contributed by atoms with Crippen molar-refractivity contribution in [1.29, 1.82) is 0 Å². The van der Waals surface area contributed by atoms with E-state index in [9.17, 15) is 4.79 Å². The molecule has 0 spiro atoms. The standard InChI is InChI=1S/C19H32O6/c1-6-18(7-2)22-12-15(23-18)10-11-16-17(13-21-14(5)20)25-19(8-3,9-4)24-16/h10-11,15-17H,6-9,12-13H2,1-5H3. The molecule has 0 aliphatic carbocycles. The monoisotopic (exact) mass is 356 g/mol. The molecule has 2 fully saturated rings. The molecular weight excluding hydrogens is 324 g/mol. The first-order chi connectivity index (χ1) is 11.9. The molecule has 2 aliphatic heterocycles. The van der Waals surface area contributed by atoms with Gasteiger partial charge in [-0.3, -0.25) is 4.79 Å². The van der Waals surface area contributed by atoms with E-state index in [-0.39, 0.29) is 30.9 Å². The zero-order valence-electron chi connectivity index (χ0n) is 16.1. The SMILES string of the molecule is CCC1(CC)OCC(C=CC2OC(CC)(CC)OC2COC(C)=O)O1. The summed E-state index contributed by atoms with van der Waals surface area (Å²) in [7, 11) is 0. The molecule has 25 heavy (non-hydrogen) atoms. The normalized spacial score (nSPS) is 30.8. The summed E-state index contributed by atoms with van der Waals surface area (Å²) in [6, 6.07) is 0. The lowest BCUT2D eigenvalue weighted by Gasteiger charge is -2.25. The Bertz CT molecular complexity index is 467. The van der Waals surface area contributed by atoms with Gasteiger partial charge >= 0.3 is 5.97 Å². The highest BCUT2D eigenvalue weighted by molar-refractivity contribution is 5.65. The van der Waals surface area contributed by atoms with Crippen LogP contribution in [0.2, 0.25) is 0 Å². The Labute approximate surface area is 150 Å². The lowest BCUT2D eigenvalue weighted by molar-refractivity contribution is -0.182. The molecule has 0 N–H and O–H groups in total. The second-order valence-corrected chi connectivity index (χ2v) is 6.63. The highest BCUT2D eigenvalue weighted by Gasteiger charge is 2.45. The highest BCUT2D eigenvalue weighted by Crippen LogP contribution is 2.36. The van der Waals surface area contributed by atoms with Crippen LogP contribution >= 0.6 is 0 Å². The van der Waals surface area contributed by atoms with Crippen LogP contribution < -0.4 is 0 Å². The van der Waals surface area contributed by atoms with E-state index in [0.29, 0.717) is 6.61 Å². The maximum Gasteiger partial charge on any atom is 0.302 e. The summed E-state index contributed by atoms with van der Waals surface area (Å²) in [5.74, 6) is -1.42. The molecule has 0 bridgehead atoms. The van der Waals surface area contributed by atoms with Crippen LogP contribution in [0.25, 0.3) is 0 Å². The first-order valence-corrected chi connectivity index (χ1v) is 9.40. The van der Waals surface area contributed by atoms with Crippen molar-refractivity contribution in [3.8, 4) is 0 Å². The van der Waals surface area contributed by atoms with Gasteiger partial charge in [-0.25, -0.2) is 0 Å². The summed E-state index contributed by atoms with van der Waals surface area (Å²) in [6.45, 7) is 10.3. The molecule has 0 aromatic rings. The quantitative estimate of drug-likeness (QED) is 0.491. The molecule has 2 aliphatic rings. The molecule has 2 rings (SSSR count). The third kappa shape index (κ3) is 4.82. The molecule has 0 aromatic carbocycles. The summed E-state index contributed by atoms with van der Waals surface area (Å²) in [4.78, 5) is 11.1. The number of carbonyl (C=O) groups is 1. The molecule has 6 heteroatoms. The number of hydrogen-bond donors (Lipinski definition) is 0. The second kappa shape index (κ2) is 8.62. The minimum absolute atomic E-state index is 0.101. The zero-order valence-corrected chi connectivity index (χ0v) is 16.1. The van der Waals surface area contributed by atoms with Gasteiger partial charge in [0.2, 0.25) is 0 Å². The van der Waals surface area contributed by atoms with Crippen molar-refractivity contribution >= 4 is 5.97 Å². The first kappa shape index (κ1) is 20.4. The van der Waals surface area contributed by atoms with Gasteiger partial charge in [-0.2, -0.15) is 0 Å². The van der Waals surface area contributed by atoms with Crippen LogP contribution in [-0.4, -0.2) is 49.1 Å². The largest absolute Gasteiger partial charge is 0.463 e. The average molecular weight is 356 g/mol. The van der Waals surface area contributed by atoms with Crippen molar-refractivity contribution in [3.63, 3.8) is 0 Å². The summed E-state index contributed by atoms with van der Waals surface area (Å²) < 4.78 is 29.3. The van der Waals surface area contributed by atoms with Crippen molar-refractivity contribution in [2.24, 2.45) is 0 Å². The Morgan fingerprint density at radius 3 is 2.16 bits per heavy atom. The third-order valence-corrected chi connectivity index (χ3v) is 5.08. The number of rotatable bonds is 8. The lowest BCUT2D eigenvalue weighted by Crippen LogP contribution is -2.30. The van der Waals surface area contributed by atoms with Crippen molar-refractivity contribution < 1.29 is 28.5 Å². The van der Waals surface area contributed by atoms with E-state index in [1.165, 1.54) is 6.92 Å². The Morgan fingerprint density at radius 2 is 1.64 bits per heavy atom. The van der Waals surface area contributed by atoms with E-state index < -0.39 is 11.6 Å². The second-order valence-electron chi connectivity index (χ2n) is 6.63. The van der Waals surface area contributed by atoms with Crippen LogP contribution in [0.3, 0.4) is 0 Å². The number of carbonyl (C=O) groups excluding carboxylic acids is 1. The molecule has 6 nitrogen and oxygen atoms in total. The fraction of sp³-hybridized carbons (Fsp3) is 0.842. The summed E-state index contributed by atoms with van der Waals surface area (Å²) in [6.07, 6.45) is 6.35. The minimum atomic E-state index is -0.622. The molecule has 2 saturated heterocycles. The van der Waals surface area contributed by atoms with Crippen molar-refractivity contribution in [2.45, 2.75) is 90.2 Å². The molecule has 0 amide bonds. The minimum Gasteiger partial charge on any atom is -0.463 e. The predicted octanol–water partition coefficient (Wildman–Crippen LogP) is 3.34. The Balaban J connectivity index is 2.02. The number of hydrogen-bond acceptors (Lipinski definition) is 6. The smallest absolute Gasteiger partial charge is 0.302 e. The summed E-state index contributed by atoms with van der Waals surface area (Å²) in [5, 5.41) is 0. The van der Waals surface area contributed by atoms with Gasteiger partial charge < -0.3 is 23.7 Å². The lowest BCUT2D eigenvalue weighted by atomic mass is 10.1. The van der Waals surface area contributed by atoms with Crippen LogP contribution in [0.15, 0.2) is 12.2 Å². The van der Waals surface area contributed by atoms with Gasteiger partial charge in [-0.05, 0) is 25.7 Å². The van der Waals surface area contributed by atoms with Crippen LogP contribution in [0, 0.1) is 0 Å². The van der Waals surface area contributed by atoms with Gasteiger partial charge in [0.25, 0.3) is 0 Å². The van der Waals surface area contributed by atoms with E-state index >= 15 is 0 Å². The van der Waals surface area contributed by atoms with Gasteiger partial charge in [0.1, 0.15) is 24.9 Å². The topological polar surface area (TPSA) is 63.2 Å². The van der Waals surface area contributed by atoms with Crippen LogP contribution in [0.5, 0.6) is 0 Å². The maximum atomic E-state index is 11.1. The van der Waals surface area contributed by atoms with E-state index in [0.717, 1.165) is 25.7 Å². The van der Waals surface area contributed by atoms with Crippen molar-refractivity contribution in [3.05, 3.63) is 12.2 Å². The zero-order chi connectivity index (χ0) is 18.5. The number of esters is 1. The Hall–Kier alpha value is -0.950. The molecular formula is C19H32O6. The summed E-state index contributed by atoms with van der Waals surface area (Å²) >= 11 is 0. The Morgan fingerprint density at radius 1 is 1.00 bits per heavy atom. The van der Waals surface area contributed by atoms with Gasteiger partial charge in [0.05, 0.1) is 6.61 Å². The fourth-order valence-electron chi connectivity index (χ4n) is 3.30. The molecule has 0 radical (unpaired) electrons. The fourth-order valence-corrected chi connectivity index (χ4v) is 3.30. The third-order valence-electron chi connectivity index (χ3n) is 5.08. The summed E-state index contributed by atoms with van der Waals surface area (Å²) in [5.41, 5.74) is 0. The van der Waals surface area contributed by atoms with Crippen LogP contribution in [0.1, 0.15) is 60.3 Å². The molecule has 3 unspecified atom stereocenters. The van der Waals surface area contributed by atoms with Crippen LogP contribution in [0.4, 0.5) is 0 Å². The first-order valence-electron chi connectivity index (χ1n) is 9.40. The molecule has 0 aromatic heterocycles. The number of ether oxygens (including phenoxy) is 5.